The Kier molecular flexibility index (Phi) is 8.27. The van der Waals surface area contributed by atoms with Crippen LogP contribution >= 0.6 is 0 Å². The van der Waals surface area contributed by atoms with Crippen LogP contribution in [0.2, 0.25) is 12.6 Å². The largest absolute Gasteiger partial charge is 0.420 e. The van der Waals surface area contributed by atoms with Crippen molar-refractivity contribution in [2.24, 2.45) is 0 Å². The van der Waals surface area contributed by atoms with E-state index in [4.69, 9.17) is 14.6 Å². The SMILES string of the molecule is C[SiH]1CCCCO1.OCCO. The molecule has 1 aliphatic rings. The van der Waals surface area contributed by atoms with E-state index in [0.29, 0.717) is 0 Å². The zero-order valence-electron chi connectivity index (χ0n) is 7.12. The Balaban J connectivity index is 0.000000218. The minimum Gasteiger partial charge on any atom is -0.420 e. The van der Waals surface area contributed by atoms with Gasteiger partial charge < -0.3 is 14.6 Å². The van der Waals surface area contributed by atoms with E-state index in [9.17, 15) is 0 Å². The molecule has 0 radical (unpaired) electrons. The normalized spacial score (nSPS) is 23.7. The van der Waals surface area contributed by atoms with Crippen LogP contribution in [-0.2, 0) is 4.43 Å². The maximum atomic E-state index is 7.62. The van der Waals surface area contributed by atoms with Crippen molar-refractivity contribution in [1.29, 1.82) is 0 Å². The topological polar surface area (TPSA) is 49.7 Å². The van der Waals surface area contributed by atoms with Crippen LogP contribution in [0.1, 0.15) is 12.8 Å². The summed E-state index contributed by atoms with van der Waals surface area (Å²) in [5.74, 6) is 0. The molecule has 0 aromatic carbocycles. The van der Waals surface area contributed by atoms with Crippen molar-refractivity contribution < 1.29 is 14.6 Å². The summed E-state index contributed by atoms with van der Waals surface area (Å²) in [5, 5.41) is 15.2. The van der Waals surface area contributed by atoms with Gasteiger partial charge >= 0.3 is 0 Å². The predicted molar refractivity (Wildman–Crippen MR) is 47.2 cm³/mol. The van der Waals surface area contributed by atoms with E-state index >= 15 is 0 Å². The predicted octanol–water partition coefficient (Wildman–Crippen LogP) is 0.121. The van der Waals surface area contributed by atoms with Gasteiger partial charge in [-0.2, -0.15) is 0 Å². The standard InChI is InChI=1S/C5H12OSi.C2H6O2/c1-7-5-3-2-4-6-7;3-1-2-4/h7H,2-5H2,1H3;3-4H,1-2H2. The quantitative estimate of drug-likeness (QED) is 0.561. The first-order valence-corrected chi connectivity index (χ1v) is 6.59. The van der Waals surface area contributed by atoms with Gasteiger partial charge in [-0.3, -0.25) is 0 Å². The summed E-state index contributed by atoms with van der Waals surface area (Å²) in [7, 11) is -0.595. The summed E-state index contributed by atoms with van der Waals surface area (Å²) in [6.07, 6.45) is 2.73. The second-order valence-corrected chi connectivity index (χ2v) is 5.16. The number of aliphatic hydroxyl groups is 2. The van der Waals surface area contributed by atoms with Crippen molar-refractivity contribution >= 4 is 9.04 Å². The Labute approximate surface area is 69.7 Å². The van der Waals surface area contributed by atoms with E-state index in [-0.39, 0.29) is 13.2 Å². The van der Waals surface area contributed by atoms with Crippen LogP contribution in [0.25, 0.3) is 0 Å². The molecule has 0 aromatic rings. The zero-order chi connectivity index (χ0) is 8.53. The van der Waals surface area contributed by atoms with Crippen molar-refractivity contribution in [2.45, 2.75) is 25.4 Å². The molecule has 1 heterocycles. The van der Waals surface area contributed by atoms with Gasteiger partial charge in [0, 0.05) is 6.61 Å². The van der Waals surface area contributed by atoms with Crippen LogP contribution < -0.4 is 0 Å². The molecule has 1 atom stereocenters. The molecule has 2 N–H and O–H groups in total. The number of hydrogen-bond acceptors (Lipinski definition) is 3. The molecule has 11 heavy (non-hydrogen) atoms. The average Bonchev–Trinajstić information content (AvgIpc) is 2.07. The summed E-state index contributed by atoms with van der Waals surface area (Å²) in [6, 6.07) is 1.40. The third-order valence-electron chi connectivity index (χ3n) is 1.51. The van der Waals surface area contributed by atoms with Gasteiger partial charge in [0.2, 0.25) is 0 Å². The Hall–Kier alpha value is 0.0969. The van der Waals surface area contributed by atoms with Crippen molar-refractivity contribution in [1.82, 2.24) is 0 Å². The first-order chi connectivity index (χ1) is 5.31. The summed E-state index contributed by atoms with van der Waals surface area (Å²) < 4.78 is 5.42. The van der Waals surface area contributed by atoms with Crippen LogP contribution in [0.15, 0.2) is 0 Å². The lowest BCUT2D eigenvalue weighted by molar-refractivity contribution is 0.186. The maximum Gasteiger partial charge on any atom is 0.173 e. The summed E-state index contributed by atoms with van der Waals surface area (Å²) in [6.45, 7) is 3.08. The van der Waals surface area contributed by atoms with Gasteiger partial charge in [0.1, 0.15) is 0 Å². The molecule has 1 saturated heterocycles. The highest BCUT2D eigenvalue weighted by Crippen LogP contribution is 2.09. The first kappa shape index (κ1) is 11.1. The summed E-state index contributed by atoms with van der Waals surface area (Å²) >= 11 is 0. The fourth-order valence-electron chi connectivity index (χ4n) is 0.902. The van der Waals surface area contributed by atoms with Crippen LogP contribution in [0.5, 0.6) is 0 Å². The number of hydrogen-bond donors (Lipinski definition) is 2. The molecule has 0 aromatic heterocycles. The third-order valence-corrected chi connectivity index (χ3v) is 3.53. The molecule has 0 saturated carbocycles. The molecule has 1 unspecified atom stereocenters. The Morgan fingerprint density at radius 2 is 1.91 bits per heavy atom. The molecule has 0 spiro atoms. The fraction of sp³-hybridized carbons (Fsp3) is 1.00. The lowest BCUT2D eigenvalue weighted by atomic mass is 10.4. The molecular weight excluding hydrogens is 160 g/mol. The van der Waals surface area contributed by atoms with Gasteiger partial charge in [-0.05, 0) is 19.0 Å². The average molecular weight is 178 g/mol. The molecule has 0 aliphatic carbocycles. The van der Waals surface area contributed by atoms with Crippen LogP contribution in [0.4, 0.5) is 0 Å². The highest BCUT2D eigenvalue weighted by molar-refractivity contribution is 6.50. The van der Waals surface area contributed by atoms with E-state index in [1.807, 2.05) is 0 Å². The van der Waals surface area contributed by atoms with E-state index in [0.717, 1.165) is 6.61 Å². The van der Waals surface area contributed by atoms with Gasteiger partial charge in [0.15, 0.2) is 9.04 Å². The fourth-order valence-corrected chi connectivity index (χ4v) is 2.50. The van der Waals surface area contributed by atoms with Crippen molar-refractivity contribution in [3.63, 3.8) is 0 Å². The molecule has 1 rings (SSSR count). The molecule has 1 aliphatic heterocycles. The monoisotopic (exact) mass is 178 g/mol. The van der Waals surface area contributed by atoms with E-state index in [1.165, 1.54) is 18.9 Å². The second kappa shape index (κ2) is 8.20. The molecule has 3 nitrogen and oxygen atoms in total. The summed E-state index contributed by atoms with van der Waals surface area (Å²) in [4.78, 5) is 0. The Bertz CT molecular complexity index is 72.1. The second-order valence-electron chi connectivity index (χ2n) is 2.62. The Morgan fingerprint density at radius 3 is 2.09 bits per heavy atom. The molecule has 4 heteroatoms. The van der Waals surface area contributed by atoms with E-state index in [2.05, 4.69) is 6.55 Å². The number of rotatable bonds is 1. The molecule has 1 fully saturated rings. The number of aliphatic hydroxyl groups excluding tert-OH is 2. The van der Waals surface area contributed by atoms with E-state index in [1.54, 1.807) is 0 Å². The van der Waals surface area contributed by atoms with Gasteiger partial charge in [-0.25, -0.2) is 0 Å². The molecule has 68 valence electrons. The minimum absolute atomic E-state index is 0.125. The lowest BCUT2D eigenvalue weighted by Crippen LogP contribution is -2.18. The summed E-state index contributed by atoms with van der Waals surface area (Å²) in [5.41, 5.74) is 0. The van der Waals surface area contributed by atoms with Crippen molar-refractivity contribution in [2.75, 3.05) is 19.8 Å². The van der Waals surface area contributed by atoms with Gasteiger partial charge in [0.05, 0.1) is 13.2 Å². The van der Waals surface area contributed by atoms with Crippen molar-refractivity contribution in [3.05, 3.63) is 0 Å². The van der Waals surface area contributed by atoms with Gasteiger partial charge in [-0.15, -0.1) is 0 Å². The molecule has 0 bridgehead atoms. The Morgan fingerprint density at radius 1 is 1.27 bits per heavy atom. The van der Waals surface area contributed by atoms with Crippen LogP contribution in [0, 0.1) is 0 Å². The van der Waals surface area contributed by atoms with Crippen molar-refractivity contribution in [3.8, 4) is 0 Å². The smallest absolute Gasteiger partial charge is 0.173 e. The van der Waals surface area contributed by atoms with Crippen LogP contribution in [-0.4, -0.2) is 39.1 Å². The molecular formula is C7H18O3Si. The maximum absolute atomic E-state index is 7.62. The minimum atomic E-state index is -0.595. The van der Waals surface area contributed by atoms with Gasteiger partial charge in [-0.1, -0.05) is 6.42 Å². The highest BCUT2D eigenvalue weighted by atomic mass is 28.3. The van der Waals surface area contributed by atoms with Crippen LogP contribution in [0.3, 0.4) is 0 Å². The van der Waals surface area contributed by atoms with Gasteiger partial charge in [0.25, 0.3) is 0 Å². The lowest BCUT2D eigenvalue weighted by Gasteiger charge is -2.16. The van der Waals surface area contributed by atoms with E-state index < -0.39 is 9.04 Å². The third kappa shape index (κ3) is 8.00. The highest BCUT2D eigenvalue weighted by Gasteiger charge is 2.08. The molecule has 0 amide bonds. The first-order valence-electron chi connectivity index (χ1n) is 4.14. The zero-order valence-corrected chi connectivity index (χ0v) is 8.28.